The van der Waals surface area contributed by atoms with Gasteiger partial charge in [-0.15, -0.1) is 0 Å². The molecule has 0 aromatic heterocycles. The summed E-state index contributed by atoms with van der Waals surface area (Å²) in [4.78, 5) is 15.0. The first-order chi connectivity index (χ1) is 13.5. The Morgan fingerprint density at radius 1 is 0.964 bits per heavy atom. The van der Waals surface area contributed by atoms with E-state index in [-0.39, 0.29) is 5.91 Å². The summed E-state index contributed by atoms with van der Waals surface area (Å²) in [5.74, 6) is 1.84. The topological polar surface area (TPSA) is 20.3 Å². The zero-order valence-electron chi connectivity index (χ0n) is 17.2. The van der Waals surface area contributed by atoms with Crippen molar-refractivity contribution in [1.29, 1.82) is 0 Å². The minimum atomic E-state index is 0.167. The molecular weight excluding hydrogens is 342 g/mol. The fraction of sp³-hybridized carbons (Fsp3) is 0.500. The number of benzene rings is 2. The molecule has 0 aliphatic heterocycles. The first kappa shape index (κ1) is 18.0. The van der Waals surface area contributed by atoms with E-state index in [0.29, 0.717) is 10.8 Å². The number of aryl methyl sites for hydroxylation is 1. The number of hydrogen-bond donors (Lipinski definition) is 0. The van der Waals surface area contributed by atoms with Crippen LogP contribution in [-0.4, -0.2) is 24.4 Å². The van der Waals surface area contributed by atoms with Crippen molar-refractivity contribution in [2.75, 3.05) is 13.6 Å². The number of carbonyl (C=O) groups excluding carboxylic acids is 1. The molecule has 2 aromatic rings. The molecule has 0 N–H and O–H groups in total. The highest BCUT2D eigenvalue weighted by atomic mass is 16.2. The molecule has 6 rings (SSSR count). The molecule has 1 amide bonds. The van der Waals surface area contributed by atoms with E-state index >= 15 is 0 Å². The van der Waals surface area contributed by atoms with E-state index in [1.165, 1.54) is 44.1 Å². The second-order valence-corrected chi connectivity index (χ2v) is 10.1. The van der Waals surface area contributed by atoms with Gasteiger partial charge in [0.2, 0.25) is 0 Å². The molecule has 0 saturated heterocycles. The first-order valence-electron chi connectivity index (χ1n) is 10.8. The third-order valence-electron chi connectivity index (χ3n) is 7.79. The Morgan fingerprint density at radius 3 is 2.25 bits per heavy atom. The Hall–Kier alpha value is -2.09. The Morgan fingerprint density at radius 2 is 1.61 bits per heavy atom. The van der Waals surface area contributed by atoms with E-state index in [1.54, 1.807) is 5.56 Å². The van der Waals surface area contributed by atoms with Crippen LogP contribution in [0.1, 0.15) is 60.0 Å². The predicted molar refractivity (Wildman–Crippen MR) is 113 cm³/mol. The molecule has 0 heterocycles. The molecule has 4 atom stereocenters. The molecule has 2 aromatic carbocycles. The lowest BCUT2D eigenvalue weighted by atomic mass is 9.43. The molecule has 28 heavy (non-hydrogen) atoms. The monoisotopic (exact) mass is 373 g/mol. The van der Waals surface area contributed by atoms with Crippen LogP contribution >= 0.6 is 0 Å². The van der Waals surface area contributed by atoms with Crippen LogP contribution in [-0.2, 0) is 5.41 Å². The van der Waals surface area contributed by atoms with Crippen LogP contribution in [0.3, 0.4) is 0 Å². The van der Waals surface area contributed by atoms with Crippen LogP contribution in [0.15, 0.2) is 54.6 Å². The number of nitrogens with zero attached hydrogens (tertiary/aromatic N) is 1. The van der Waals surface area contributed by atoms with Gasteiger partial charge in [-0.2, -0.15) is 0 Å². The summed E-state index contributed by atoms with van der Waals surface area (Å²) in [6.45, 7) is 3.08. The summed E-state index contributed by atoms with van der Waals surface area (Å²) in [5.41, 5.74) is 4.34. The van der Waals surface area contributed by atoms with Crippen molar-refractivity contribution in [2.24, 2.45) is 17.3 Å². The largest absolute Gasteiger partial charge is 0.341 e. The van der Waals surface area contributed by atoms with Crippen molar-refractivity contribution in [3.8, 4) is 0 Å². The van der Waals surface area contributed by atoms with Gasteiger partial charge in [-0.1, -0.05) is 48.0 Å². The number of carbonyl (C=O) groups is 1. The third kappa shape index (κ3) is 2.98. The lowest BCUT2D eigenvalue weighted by Crippen LogP contribution is -2.57. The highest BCUT2D eigenvalue weighted by molar-refractivity contribution is 5.94. The summed E-state index contributed by atoms with van der Waals surface area (Å²) in [7, 11) is 2.01. The molecule has 146 valence electrons. The summed E-state index contributed by atoms with van der Waals surface area (Å²) in [6, 6.07) is 19.1. The van der Waals surface area contributed by atoms with Gasteiger partial charge in [-0.25, -0.2) is 0 Å². The maximum absolute atomic E-state index is 13.0. The SMILES string of the molecule is Cc1ccc(C23C[C@@H]4C[C@@H](CC(CN(C)C(=O)c5ccccc5)(C4)C2)C3)cc1. The minimum absolute atomic E-state index is 0.167. The maximum Gasteiger partial charge on any atom is 0.253 e. The van der Waals surface area contributed by atoms with E-state index in [1.807, 2.05) is 42.3 Å². The van der Waals surface area contributed by atoms with E-state index < -0.39 is 0 Å². The molecule has 2 nitrogen and oxygen atoms in total. The van der Waals surface area contributed by atoms with E-state index in [2.05, 4.69) is 31.2 Å². The Kier molecular flexibility index (Phi) is 4.15. The second-order valence-electron chi connectivity index (χ2n) is 10.1. The van der Waals surface area contributed by atoms with E-state index in [0.717, 1.165) is 23.9 Å². The summed E-state index contributed by atoms with van der Waals surface area (Å²) in [5, 5.41) is 0. The minimum Gasteiger partial charge on any atom is -0.341 e. The van der Waals surface area contributed by atoms with Crippen molar-refractivity contribution >= 4 is 5.91 Å². The standard InChI is InChI=1S/C26H31NO/c1-19-8-10-23(11-9-19)26-15-20-12-21(16-26)14-25(13-20,17-26)18-27(2)24(28)22-6-4-3-5-7-22/h3-11,20-21H,12-18H2,1-2H3/t20-,21+,25?,26?. The first-order valence-corrected chi connectivity index (χ1v) is 10.8. The predicted octanol–water partition coefficient (Wildman–Crippen LogP) is 5.61. The van der Waals surface area contributed by atoms with Crippen molar-refractivity contribution in [2.45, 2.75) is 50.9 Å². The van der Waals surface area contributed by atoms with Crippen LogP contribution in [0.5, 0.6) is 0 Å². The van der Waals surface area contributed by atoms with Crippen LogP contribution in [0.2, 0.25) is 0 Å². The molecule has 4 fully saturated rings. The Labute approximate surface area is 169 Å². The van der Waals surface area contributed by atoms with Crippen molar-refractivity contribution in [1.82, 2.24) is 4.90 Å². The zero-order valence-corrected chi connectivity index (χ0v) is 17.2. The highest BCUT2D eigenvalue weighted by Gasteiger charge is 2.58. The van der Waals surface area contributed by atoms with Gasteiger partial charge in [0, 0.05) is 19.2 Å². The van der Waals surface area contributed by atoms with Crippen LogP contribution in [0.25, 0.3) is 0 Å². The molecule has 0 radical (unpaired) electrons. The van der Waals surface area contributed by atoms with Crippen molar-refractivity contribution in [3.05, 3.63) is 71.3 Å². The van der Waals surface area contributed by atoms with Gasteiger partial charge >= 0.3 is 0 Å². The number of hydrogen-bond acceptors (Lipinski definition) is 1. The molecule has 4 bridgehead atoms. The molecule has 2 heteroatoms. The van der Waals surface area contributed by atoms with Crippen molar-refractivity contribution in [3.63, 3.8) is 0 Å². The smallest absolute Gasteiger partial charge is 0.253 e. The summed E-state index contributed by atoms with van der Waals surface area (Å²) >= 11 is 0. The summed E-state index contributed by atoms with van der Waals surface area (Å²) in [6.07, 6.45) is 7.98. The van der Waals surface area contributed by atoms with Gasteiger partial charge in [-0.05, 0) is 85.8 Å². The van der Waals surface area contributed by atoms with Gasteiger partial charge in [0.1, 0.15) is 0 Å². The second kappa shape index (κ2) is 6.47. The maximum atomic E-state index is 13.0. The quantitative estimate of drug-likeness (QED) is 0.682. The average molecular weight is 374 g/mol. The Balaban J connectivity index is 1.42. The average Bonchev–Trinajstić information content (AvgIpc) is 2.67. The van der Waals surface area contributed by atoms with Crippen LogP contribution < -0.4 is 0 Å². The van der Waals surface area contributed by atoms with Crippen molar-refractivity contribution < 1.29 is 4.79 Å². The number of amides is 1. The molecule has 0 spiro atoms. The normalized spacial score (nSPS) is 33.1. The number of rotatable bonds is 4. The molecule has 2 unspecified atom stereocenters. The lowest BCUT2D eigenvalue weighted by Gasteiger charge is -2.63. The fourth-order valence-electron chi connectivity index (χ4n) is 7.26. The highest BCUT2D eigenvalue weighted by Crippen LogP contribution is 2.65. The Bertz CT molecular complexity index is 855. The van der Waals surface area contributed by atoms with Gasteiger partial charge in [-0.3, -0.25) is 4.79 Å². The summed E-state index contributed by atoms with van der Waals surface area (Å²) < 4.78 is 0. The van der Waals surface area contributed by atoms with Crippen LogP contribution in [0.4, 0.5) is 0 Å². The molecule has 4 aliphatic carbocycles. The molecule has 4 aliphatic rings. The van der Waals surface area contributed by atoms with Gasteiger partial charge in [0.15, 0.2) is 0 Å². The van der Waals surface area contributed by atoms with Crippen LogP contribution in [0, 0.1) is 24.2 Å². The molecule has 4 saturated carbocycles. The molecular formula is C26H31NO. The van der Waals surface area contributed by atoms with E-state index in [4.69, 9.17) is 0 Å². The van der Waals surface area contributed by atoms with E-state index in [9.17, 15) is 4.79 Å². The van der Waals surface area contributed by atoms with Gasteiger partial charge < -0.3 is 4.90 Å². The third-order valence-corrected chi connectivity index (χ3v) is 7.79. The lowest BCUT2D eigenvalue weighted by molar-refractivity contribution is -0.0806. The van der Waals surface area contributed by atoms with Gasteiger partial charge in [0.25, 0.3) is 5.91 Å². The zero-order chi connectivity index (χ0) is 19.4. The fourth-order valence-corrected chi connectivity index (χ4v) is 7.26. The van der Waals surface area contributed by atoms with Gasteiger partial charge in [0.05, 0.1) is 0 Å².